The Morgan fingerprint density at radius 3 is 2.86 bits per heavy atom. The van der Waals surface area contributed by atoms with Gasteiger partial charge in [0, 0.05) is 4.88 Å². The molecular formula is C10H9NO2S. The number of rotatable bonds is 2. The molecule has 1 N–H and O–H groups in total. The summed E-state index contributed by atoms with van der Waals surface area (Å²) in [6.45, 7) is 1.99. The smallest absolute Gasteiger partial charge is 0.291 e. The van der Waals surface area contributed by atoms with Crippen molar-refractivity contribution in [2.24, 2.45) is 0 Å². The van der Waals surface area contributed by atoms with Gasteiger partial charge in [-0.05, 0) is 31.2 Å². The maximum absolute atomic E-state index is 11.5. The van der Waals surface area contributed by atoms with Gasteiger partial charge in [0.25, 0.3) is 5.91 Å². The standard InChI is InChI=1S/C10H9NO2S/c1-7-4-5-9(14-7)11-10(12)8-3-2-6-13-8/h2-6H,1H3,(H,11,12). The van der Waals surface area contributed by atoms with Crippen LogP contribution in [0.4, 0.5) is 5.00 Å². The fraction of sp³-hybridized carbons (Fsp3) is 0.100. The third kappa shape index (κ3) is 1.85. The molecule has 14 heavy (non-hydrogen) atoms. The van der Waals surface area contributed by atoms with Crippen LogP contribution >= 0.6 is 11.3 Å². The minimum Gasteiger partial charge on any atom is -0.459 e. The van der Waals surface area contributed by atoms with Crippen molar-refractivity contribution >= 4 is 22.2 Å². The van der Waals surface area contributed by atoms with Gasteiger partial charge in [-0.15, -0.1) is 11.3 Å². The summed E-state index contributed by atoms with van der Waals surface area (Å²) in [4.78, 5) is 12.7. The normalized spacial score (nSPS) is 10.1. The zero-order chi connectivity index (χ0) is 9.97. The van der Waals surface area contributed by atoms with Gasteiger partial charge in [-0.25, -0.2) is 0 Å². The molecule has 0 aliphatic rings. The van der Waals surface area contributed by atoms with E-state index in [0.29, 0.717) is 5.76 Å². The molecule has 3 nitrogen and oxygen atoms in total. The number of carbonyl (C=O) groups excluding carboxylic acids is 1. The van der Waals surface area contributed by atoms with E-state index in [9.17, 15) is 4.79 Å². The number of amides is 1. The highest BCUT2D eigenvalue weighted by atomic mass is 32.1. The molecule has 0 aromatic carbocycles. The number of anilines is 1. The summed E-state index contributed by atoms with van der Waals surface area (Å²) in [5, 5.41) is 3.59. The fourth-order valence-electron chi connectivity index (χ4n) is 1.08. The van der Waals surface area contributed by atoms with E-state index in [0.717, 1.165) is 5.00 Å². The average molecular weight is 207 g/mol. The molecule has 0 saturated heterocycles. The molecule has 0 aliphatic carbocycles. The monoisotopic (exact) mass is 207 g/mol. The van der Waals surface area contributed by atoms with E-state index in [1.54, 1.807) is 12.1 Å². The summed E-state index contributed by atoms with van der Waals surface area (Å²) >= 11 is 1.54. The maximum Gasteiger partial charge on any atom is 0.291 e. The predicted octanol–water partition coefficient (Wildman–Crippen LogP) is 2.90. The maximum atomic E-state index is 11.5. The first-order valence-electron chi connectivity index (χ1n) is 4.17. The molecule has 0 saturated carbocycles. The Morgan fingerprint density at radius 1 is 1.43 bits per heavy atom. The van der Waals surface area contributed by atoms with Gasteiger partial charge in [0.2, 0.25) is 0 Å². The van der Waals surface area contributed by atoms with E-state index in [4.69, 9.17) is 4.42 Å². The number of hydrogen-bond acceptors (Lipinski definition) is 3. The van der Waals surface area contributed by atoms with Crippen molar-refractivity contribution in [2.45, 2.75) is 6.92 Å². The van der Waals surface area contributed by atoms with Gasteiger partial charge in [0.1, 0.15) is 0 Å². The van der Waals surface area contributed by atoms with Crippen LogP contribution in [0.5, 0.6) is 0 Å². The SMILES string of the molecule is Cc1ccc(NC(=O)c2ccco2)s1. The average Bonchev–Trinajstić information content (AvgIpc) is 2.75. The predicted molar refractivity (Wildman–Crippen MR) is 55.7 cm³/mol. The molecule has 2 aromatic rings. The van der Waals surface area contributed by atoms with E-state index >= 15 is 0 Å². The van der Waals surface area contributed by atoms with Crippen LogP contribution in [-0.4, -0.2) is 5.91 Å². The third-order valence-electron chi connectivity index (χ3n) is 1.72. The van der Waals surface area contributed by atoms with Gasteiger partial charge in [-0.2, -0.15) is 0 Å². The van der Waals surface area contributed by atoms with Crippen LogP contribution < -0.4 is 5.32 Å². The third-order valence-corrected chi connectivity index (χ3v) is 2.64. The van der Waals surface area contributed by atoms with Crippen LogP contribution in [0.25, 0.3) is 0 Å². The lowest BCUT2D eigenvalue weighted by atomic mass is 10.4. The van der Waals surface area contributed by atoms with Crippen molar-refractivity contribution in [1.29, 1.82) is 0 Å². The number of carbonyl (C=O) groups is 1. The number of nitrogens with one attached hydrogen (secondary N) is 1. The molecule has 0 atom stereocenters. The molecule has 4 heteroatoms. The molecule has 0 fully saturated rings. The van der Waals surface area contributed by atoms with Crippen LogP contribution in [-0.2, 0) is 0 Å². The summed E-state index contributed by atoms with van der Waals surface area (Å²) < 4.78 is 4.97. The van der Waals surface area contributed by atoms with Crippen LogP contribution in [0.3, 0.4) is 0 Å². The molecule has 0 radical (unpaired) electrons. The highest BCUT2D eigenvalue weighted by Crippen LogP contribution is 2.21. The van der Waals surface area contributed by atoms with E-state index in [1.807, 2.05) is 19.1 Å². The van der Waals surface area contributed by atoms with E-state index in [2.05, 4.69) is 5.32 Å². The zero-order valence-electron chi connectivity index (χ0n) is 7.61. The highest BCUT2D eigenvalue weighted by Gasteiger charge is 2.08. The molecule has 2 aromatic heterocycles. The summed E-state index contributed by atoms with van der Waals surface area (Å²) in [5.74, 6) is 0.118. The number of thiophene rings is 1. The Balaban J connectivity index is 2.09. The Kier molecular flexibility index (Phi) is 2.37. The van der Waals surface area contributed by atoms with Gasteiger partial charge in [0.15, 0.2) is 5.76 Å². The minimum absolute atomic E-state index is 0.211. The number of hydrogen-bond donors (Lipinski definition) is 1. The van der Waals surface area contributed by atoms with Crippen LogP contribution in [0, 0.1) is 6.92 Å². The molecule has 0 bridgehead atoms. The highest BCUT2D eigenvalue weighted by molar-refractivity contribution is 7.16. The lowest BCUT2D eigenvalue weighted by molar-refractivity contribution is 0.0997. The Bertz CT molecular complexity index is 431. The van der Waals surface area contributed by atoms with Crippen LogP contribution in [0.1, 0.15) is 15.4 Å². The Labute approximate surface area is 85.4 Å². The second kappa shape index (κ2) is 3.67. The summed E-state index contributed by atoms with van der Waals surface area (Å²) in [5.41, 5.74) is 0. The van der Waals surface area contributed by atoms with Gasteiger partial charge in [0.05, 0.1) is 11.3 Å². The first-order valence-corrected chi connectivity index (χ1v) is 4.98. The van der Waals surface area contributed by atoms with Crippen molar-refractivity contribution < 1.29 is 9.21 Å². The molecule has 1 amide bonds. The molecule has 0 aliphatic heterocycles. The van der Waals surface area contributed by atoms with Crippen molar-refractivity contribution in [3.05, 3.63) is 41.2 Å². The van der Waals surface area contributed by atoms with Crippen molar-refractivity contribution in [3.8, 4) is 0 Å². The molecule has 72 valence electrons. The van der Waals surface area contributed by atoms with Gasteiger partial charge in [-0.1, -0.05) is 0 Å². The summed E-state index contributed by atoms with van der Waals surface area (Å²) in [7, 11) is 0. The van der Waals surface area contributed by atoms with Crippen molar-refractivity contribution in [3.63, 3.8) is 0 Å². The second-order valence-corrected chi connectivity index (χ2v) is 4.13. The van der Waals surface area contributed by atoms with Crippen LogP contribution in [0.2, 0.25) is 0 Å². The molecular weight excluding hydrogens is 198 g/mol. The molecule has 2 heterocycles. The fourth-order valence-corrected chi connectivity index (χ4v) is 1.85. The lowest BCUT2D eigenvalue weighted by Gasteiger charge is -1.97. The zero-order valence-corrected chi connectivity index (χ0v) is 8.43. The largest absolute Gasteiger partial charge is 0.459 e. The first-order chi connectivity index (χ1) is 6.75. The number of furan rings is 1. The Hall–Kier alpha value is -1.55. The lowest BCUT2D eigenvalue weighted by Crippen LogP contribution is -2.09. The first kappa shape index (κ1) is 9.02. The van der Waals surface area contributed by atoms with E-state index in [-0.39, 0.29) is 5.91 Å². The van der Waals surface area contributed by atoms with Gasteiger partial charge in [-0.3, -0.25) is 4.79 Å². The van der Waals surface area contributed by atoms with Crippen LogP contribution in [0.15, 0.2) is 34.9 Å². The van der Waals surface area contributed by atoms with Gasteiger partial charge < -0.3 is 9.73 Å². The quantitative estimate of drug-likeness (QED) is 0.822. The van der Waals surface area contributed by atoms with Gasteiger partial charge >= 0.3 is 0 Å². The van der Waals surface area contributed by atoms with Crippen molar-refractivity contribution in [1.82, 2.24) is 0 Å². The molecule has 0 spiro atoms. The molecule has 2 rings (SSSR count). The summed E-state index contributed by atoms with van der Waals surface area (Å²) in [6, 6.07) is 7.16. The molecule has 0 unspecified atom stereocenters. The summed E-state index contributed by atoms with van der Waals surface area (Å²) in [6.07, 6.45) is 1.48. The van der Waals surface area contributed by atoms with Crippen molar-refractivity contribution in [2.75, 3.05) is 5.32 Å². The minimum atomic E-state index is -0.211. The topological polar surface area (TPSA) is 42.2 Å². The van der Waals surface area contributed by atoms with E-state index < -0.39 is 0 Å². The number of aryl methyl sites for hydroxylation is 1. The second-order valence-electron chi connectivity index (χ2n) is 2.84. The van der Waals surface area contributed by atoms with E-state index in [1.165, 1.54) is 22.5 Å². The Morgan fingerprint density at radius 2 is 2.29 bits per heavy atom.